The molecule has 19 heavy (non-hydrogen) atoms. The van der Waals surface area contributed by atoms with Gasteiger partial charge >= 0.3 is 5.97 Å². The number of hydrogen-bond acceptors (Lipinski definition) is 3. The molecule has 0 aliphatic carbocycles. The summed E-state index contributed by atoms with van der Waals surface area (Å²) in [5, 5.41) is 9.33. The van der Waals surface area contributed by atoms with Gasteiger partial charge in [0.25, 0.3) is 5.88 Å². The first-order chi connectivity index (χ1) is 8.99. The zero-order valence-electron chi connectivity index (χ0n) is 9.85. The van der Waals surface area contributed by atoms with Crippen LogP contribution in [0.2, 0.25) is 5.02 Å². The number of aryl methyl sites for hydroxylation is 1. The van der Waals surface area contributed by atoms with Crippen molar-refractivity contribution in [2.45, 2.75) is 6.92 Å². The van der Waals surface area contributed by atoms with Crippen LogP contribution in [0.5, 0.6) is 11.6 Å². The molecule has 0 radical (unpaired) electrons. The van der Waals surface area contributed by atoms with Crippen molar-refractivity contribution in [2.24, 2.45) is 0 Å². The largest absolute Gasteiger partial charge is 0.478 e. The second kappa shape index (κ2) is 5.24. The predicted molar refractivity (Wildman–Crippen MR) is 67.4 cm³/mol. The number of hydrogen-bond donors (Lipinski definition) is 1. The maximum atomic E-state index is 13.8. The summed E-state index contributed by atoms with van der Waals surface area (Å²) < 4.78 is 19.1. The Hall–Kier alpha value is -2.14. The van der Waals surface area contributed by atoms with Gasteiger partial charge < -0.3 is 9.84 Å². The number of carbonyl (C=O) groups is 1. The highest BCUT2D eigenvalue weighted by Crippen LogP contribution is 2.28. The zero-order chi connectivity index (χ0) is 14.0. The molecule has 0 saturated carbocycles. The van der Waals surface area contributed by atoms with Crippen molar-refractivity contribution >= 4 is 17.6 Å². The molecule has 0 amide bonds. The van der Waals surface area contributed by atoms with E-state index in [1.807, 2.05) is 0 Å². The van der Waals surface area contributed by atoms with Gasteiger partial charge in [0.05, 0.1) is 0 Å². The molecule has 0 atom stereocenters. The van der Waals surface area contributed by atoms with Gasteiger partial charge in [0.2, 0.25) is 0 Å². The Bertz CT molecular complexity index is 646. The quantitative estimate of drug-likeness (QED) is 0.932. The summed E-state index contributed by atoms with van der Waals surface area (Å²) in [6.07, 6.45) is 1.17. The Labute approximate surface area is 113 Å². The van der Waals surface area contributed by atoms with Gasteiger partial charge in [0.1, 0.15) is 11.3 Å². The van der Waals surface area contributed by atoms with Crippen LogP contribution in [-0.4, -0.2) is 16.1 Å². The number of ether oxygens (including phenoxy) is 1. The van der Waals surface area contributed by atoms with E-state index < -0.39 is 17.3 Å². The number of rotatable bonds is 3. The molecule has 0 aliphatic rings. The van der Waals surface area contributed by atoms with Crippen LogP contribution in [0.25, 0.3) is 0 Å². The second-order valence-electron chi connectivity index (χ2n) is 3.79. The summed E-state index contributed by atoms with van der Waals surface area (Å²) in [6.45, 7) is 1.74. The van der Waals surface area contributed by atoms with Gasteiger partial charge in [0, 0.05) is 11.2 Å². The maximum absolute atomic E-state index is 13.8. The number of pyridine rings is 1. The van der Waals surface area contributed by atoms with E-state index in [1.165, 1.54) is 6.20 Å². The van der Waals surface area contributed by atoms with E-state index in [0.717, 1.165) is 6.07 Å². The van der Waals surface area contributed by atoms with E-state index in [4.69, 9.17) is 21.4 Å². The summed E-state index contributed by atoms with van der Waals surface area (Å²) >= 11 is 5.80. The molecule has 0 unspecified atom stereocenters. The Balaban J connectivity index is 2.38. The Morgan fingerprint density at radius 1 is 1.42 bits per heavy atom. The summed E-state index contributed by atoms with van der Waals surface area (Å²) in [4.78, 5) is 14.5. The lowest BCUT2D eigenvalue weighted by atomic mass is 10.2. The molecule has 0 aliphatic heterocycles. The van der Waals surface area contributed by atoms with Crippen molar-refractivity contribution in [1.82, 2.24) is 4.98 Å². The average Bonchev–Trinajstić information content (AvgIpc) is 2.34. The SMILES string of the molecule is Cc1cc(Cl)ccc1Oc1nccc(C(=O)O)c1F. The zero-order valence-corrected chi connectivity index (χ0v) is 10.6. The summed E-state index contributed by atoms with van der Waals surface area (Å²) in [5.41, 5.74) is 0.200. The molecule has 0 fully saturated rings. The van der Waals surface area contributed by atoms with Crippen LogP contribution in [0.4, 0.5) is 4.39 Å². The highest BCUT2D eigenvalue weighted by atomic mass is 35.5. The van der Waals surface area contributed by atoms with Gasteiger partial charge in [-0.15, -0.1) is 0 Å². The Morgan fingerprint density at radius 2 is 2.16 bits per heavy atom. The molecule has 6 heteroatoms. The van der Waals surface area contributed by atoms with E-state index >= 15 is 0 Å². The topological polar surface area (TPSA) is 59.4 Å². The average molecular weight is 282 g/mol. The van der Waals surface area contributed by atoms with Crippen LogP contribution in [0.3, 0.4) is 0 Å². The third-order valence-electron chi connectivity index (χ3n) is 2.43. The number of carboxylic acids is 1. The maximum Gasteiger partial charge on any atom is 0.338 e. The lowest BCUT2D eigenvalue weighted by molar-refractivity contribution is 0.0690. The number of halogens is 2. The van der Waals surface area contributed by atoms with Crippen LogP contribution < -0.4 is 4.74 Å². The minimum Gasteiger partial charge on any atom is -0.478 e. The third kappa shape index (κ3) is 2.82. The third-order valence-corrected chi connectivity index (χ3v) is 2.67. The van der Waals surface area contributed by atoms with E-state index in [9.17, 15) is 9.18 Å². The molecule has 1 heterocycles. The molecule has 2 rings (SSSR count). The first-order valence-corrected chi connectivity index (χ1v) is 5.68. The van der Waals surface area contributed by atoms with E-state index in [1.54, 1.807) is 25.1 Å². The second-order valence-corrected chi connectivity index (χ2v) is 4.23. The molecule has 1 aromatic carbocycles. The molecular formula is C13H9ClFNO3. The van der Waals surface area contributed by atoms with E-state index in [2.05, 4.69) is 4.98 Å². The van der Waals surface area contributed by atoms with Crippen molar-refractivity contribution in [3.8, 4) is 11.6 Å². The number of aromatic carboxylic acids is 1. The Kier molecular flexibility index (Phi) is 3.66. The van der Waals surface area contributed by atoms with Crippen LogP contribution in [0.1, 0.15) is 15.9 Å². The number of nitrogens with zero attached hydrogens (tertiary/aromatic N) is 1. The summed E-state index contributed by atoms with van der Waals surface area (Å²) in [6, 6.07) is 5.87. The molecule has 0 spiro atoms. The molecule has 2 aromatic rings. The van der Waals surface area contributed by atoms with Gasteiger partial charge in [-0.2, -0.15) is 0 Å². The van der Waals surface area contributed by atoms with Gasteiger partial charge in [-0.1, -0.05) is 11.6 Å². The predicted octanol–water partition coefficient (Wildman–Crippen LogP) is 3.67. The monoisotopic (exact) mass is 281 g/mol. The summed E-state index contributed by atoms with van der Waals surface area (Å²) in [7, 11) is 0. The highest BCUT2D eigenvalue weighted by Gasteiger charge is 2.17. The smallest absolute Gasteiger partial charge is 0.338 e. The molecule has 0 bridgehead atoms. The minimum atomic E-state index is -1.38. The first kappa shape index (κ1) is 13.3. The van der Waals surface area contributed by atoms with Crippen molar-refractivity contribution in [3.05, 3.63) is 52.4 Å². The number of aromatic nitrogens is 1. The van der Waals surface area contributed by atoms with Crippen molar-refractivity contribution < 1.29 is 19.0 Å². The lowest BCUT2D eigenvalue weighted by Crippen LogP contribution is -2.03. The van der Waals surface area contributed by atoms with Gasteiger partial charge in [0.15, 0.2) is 5.82 Å². The van der Waals surface area contributed by atoms with E-state index in [-0.39, 0.29) is 5.88 Å². The molecule has 0 saturated heterocycles. The molecule has 1 N–H and O–H groups in total. The van der Waals surface area contributed by atoms with Crippen LogP contribution in [-0.2, 0) is 0 Å². The highest BCUT2D eigenvalue weighted by molar-refractivity contribution is 6.30. The number of carboxylic acid groups (broad SMARTS) is 1. The van der Waals surface area contributed by atoms with Gasteiger partial charge in [-0.3, -0.25) is 0 Å². The Morgan fingerprint density at radius 3 is 2.79 bits per heavy atom. The fourth-order valence-electron chi connectivity index (χ4n) is 1.49. The van der Waals surface area contributed by atoms with Crippen LogP contribution >= 0.6 is 11.6 Å². The van der Waals surface area contributed by atoms with Crippen LogP contribution in [0.15, 0.2) is 30.5 Å². The van der Waals surface area contributed by atoms with Crippen molar-refractivity contribution in [1.29, 1.82) is 0 Å². The number of benzene rings is 1. The van der Waals surface area contributed by atoms with Crippen molar-refractivity contribution in [3.63, 3.8) is 0 Å². The molecule has 4 nitrogen and oxygen atoms in total. The fourth-order valence-corrected chi connectivity index (χ4v) is 1.72. The standard InChI is InChI=1S/C13H9ClFNO3/c1-7-6-8(14)2-3-10(7)19-12-11(15)9(13(17)18)4-5-16-12/h2-6H,1H3,(H,17,18). The molecule has 98 valence electrons. The normalized spacial score (nSPS) is 10.3. The molecular weight excluding hydrogens is 273 g/mol. The molecule has 1 aromatic heterocycles. The van der Waals surface area contributed by atoms with E-state index in [0.29, 0.717) is 16.3 Å². The van der Waals surface area contributed by atoms with Crippen LogP contribution in [0, 0.1) is 12.7 Å². The van der Waals surface area contributed by atoms with Gasteiger partial charge in [-0.25, -0.2) is 14.2 Å². The first-order valence-electron chi connectivity index (χ1n) is 5.31. The summed E-state index contributed by atoms with van der Waals surface area (Å²) in [5.74, 6) is -2.41. The van der Waals surface area contributed by atoms with Crippen molar-refractivity contribution in [2.75, 3.05) is 0 Å². The van der Waals surface area contributed by atoms with Gasteiger partial charge in [-0.05, 0) is 36.8 Å². The lowest BCUT2D eigenvalue weighted by Gasteiger charge is -2.09. The minimum absolute atomic E-state index is 0.360. The fraction of sp³-hybridized carbons (Fsp3) is 0.0769.